The molecule has 0 saturated carbocycles. The van der Waals surface area contributed by atoms with Crippen molar-refractivity contribution >= 4 is 11.9 Å². The van der Waals surface area contributed by atoms with Crippen LogP contribution in [0, 0.1) is 0 Å². The monoisotopic (exact) mass is 289 g/mol. The van der Waals surface area contributed by atoms with Gasteiger partial charge in [0.25, 0.3) is 0 Å². The van der Waals surface area contributed by atoms with E-state index in [2.05, 4.69) is 4.99 Å². The van der Waals surface area contributed by atoms with E-state index in [1.165, 1.54) is 0 Å². The number of rotatable bonds is 2. The summed E-state index contributed by atoms with van der Waals surface area (Å²) in [5, 5.41) is 0. The van der Waals surface area contributed by atoms with Gasteiger partial charge < -0.3 is 4.99 Å². The van der Waals surface area contributed by atoms with Crippen molar-refractivity contribution in [2.45, 2.75) is 0 Å². The van der Waals surface area contributed by atoms with Crippen molar-refractivity contribution in [3.63, 3.8) is 0 Å². The molecule has 0 aromatic heterocycles. The van der Waals surface area contributed by atoms with Crippen LogP contribution in [0.1, 0.15) is 5.56 Å². The zero-order valence-corrected chi connectivity index (χ0v) is 11.6. The number of nitrogens with zero attached hydrogens (tertiary/aromatic N) is 1. The Balaban J connectivity index is 0.000000256. The standard InChI is InChI=1S/C12H10N.C5H5.Fe/c1-2-6-11(7-3-1)10-13-12-8-4-5-9-12;1-2-4-5-3-1;/h1-10H;1-5H;/q2*-1;+2. The summed E-state index contributed by atoms with van der Waals surface area (Å²) in [6.45, 7) is 0. The van der Waals surface area contributed by atoms with Crippen LogP contribution in [0.3, 0.4) is 0 Å². The van der Waals surface area contributed by atoms with Crippen LogP contribution in [-0.4, -0.2) is 6.21 Å². The largest absolute Gasteiger partial charge is 2.00 e. The number of hydrogen-bond donors (Lipinski definition) is 0. The van der Waals surface area contributed by atoms with Gasteiger partial charge in [-0.15, -0.1) is 12.1 Å². The molecule has 0 unspecified atom stereocenters. The summed E-state index contributed by atoms with van der Waals surface area (Å²) in [6.07, 6.45) is 1.87. The summed E-state index contributed by atoms with van der Waals surface area (Å²) in [5.74, 6) is 0. The summed E-state index contributed by atoms with van der Waals surface area (Å²) >= 11 is 0. The van der Waals surface area contributed by atoms with E-state index in [9.17, 15) is 0 Å². The van der Waals surface area contributed by atoms with Gasteiger partial charge >= 0.3 is 17.1 Å². The molecule has 0 bridgehead atoms. The minimum Gasteiger partial charge on any atom is -0.352 e. The third-order valence-corrected chi connectivity index (χ3v) is 2.36. The molecule has 0 heterocycles. The van der Waals surface area contributed by atoms with Crippen LogP contribution in [0.2, 0.25) is 0 Å². The Morgan fingerprint density at radius 1 is 0.842 bits per heavy atom. The minimum absolute atomic E-state index is 0. The molecule has 0 aliphatic carbocycles. The number of hydrogen-bond acceptors (Lipinski definition) is 1. The quantitative estimate of drug-likeness (QED) is 0.372. The van der Waals surface area contributed by atoms with Gasteiger partial charge in [-0.3, -0.25) is 0 Å². The van der Waals surface area contributed by atoms with E-state index in [1.54, 1.807) is 0 Å². The van der Waals surface area contributed by atoms with Crippen LogP contribution in [0.25, 0.3) is 0 Å². The second kappa shape index (κ2) is 9.09. The number of benzene rings is 1. The Morgan fingerprint density at radius 2 is 1.47 bits per heavy atom. The Hall–Kier alpha value is -1.89. The fraction of sp³-hybridized carbons (Fsp3) is 0. The van der Waals surface area contributed by atoms with Crippen molar-refractivity contribution in [3.8, 4) is 0 Å². The van der Waals surface area contributed by atoms with E-state index in [4.69, 9.17) is 0 Å². The summed E-state index contributed by atoms with van der Waals surface area (Å²) in [7, 11) is 0. The molecule has 3 aromatic carbocycles. The van der Waals surface area contributed by atoms with Crippen molar-refractivity contribution in [1.82, 2.24) is 0 Å². The molecule has 2 heteroatoms. The second-order valence-corrected chi connectivity index (χ2v) is 3.77. The van der Waals surface area contributed by atoms with Gasteiger partial charge in [-0.2, -0.15) is 30.3 Å². The molecule has 96 valence electrons. The minimum atomic E-state index is 0. The molecule has 1 nitrogen and oxygen atoms in total. The van der Waals surface area contributed by atoms with Gasteiger partial charge in [-0.25, -0.2) is 12.1 Å². The topological polar surface area (TPSA) is 12.4 Å². The first kappa shape index (κ1) is 15.2. The van der Waals surface area contributed by atoms with Gasteiger partial charge in [0.1, 0.15) is 0 Å². The first-order valence-corrected chi connectivity index (χ1v) is 5.93. The van der Waals surface area contributed by atoms with Crippen molar-refractivity contribution in [2.75, 3.05) is 0 Å². The first-order chi connectivity index (χ1) is 8.95. The van der Waals surface area contributed by atoms with Gasteiger partial charge in [0.05, 0.1) is 0 Å². The van der Waals surface area contributed by atoms with Crippen LogP contribution in [0.4, 0.5) is 5.69 Å². The van der Waals surface area contributed by atoms with Crippen molar-refractivity contribution in [2.24, 2.45) is 4.99 Å². The average molecular weight is 289 g/mol. The van der Waals surface area contributed by atoms with Crippen LogP contribution in [-0.2, 0) is 17.1 Å². The smallest absolute Gasteiger partial charge is 0.352 e. The van der Waals surface area contributed by atoms with Gasteiger partial charge in [-0.1, -0.05) is 30.3 Å². The van der Waals surface area contributed by atoms with Gasteiger partial charge in [0, 0.05) is 0 Å². The molecule has 0 radical (unpaired) electrons. The van der Waals surface area contributed by atoms with Crippen LogP contribution in [0.15, 0.2) is 89.9 Å². The van der Waals surface area contributed by atoms with E-state index >= 15 is 0 Å². The van der Waals surface area contributed by atoms with Gasteiger partial charge in [-0.05, 0) is 17.5 Å². The number of aliphatic imine (C=N–C) groups is 1. The second-order valence-electron chi connectivity index (χ2n) is 3.77. The fourth-order valence-corrected chi connectivity index (χ4v) is 1.46. The SMILES string of the molecule is C(=N[c-]1cccc1)c1ccccc1.[Fe+2].c1cc[cH-]c1. The van der Waals surface area contributed by atoms with Crippen LogP contribution < -0.4 is 0 Å². The molecule has 19 heavy (non-hydrogen) atoms. The third-order valence-electron chi connectivity index (χ3n) is 2.36. The van der Waals surface area contributed by atoms with Crippen LogP contribution >= 0.6 is 0 Å². The summed E-state index contributed by atoms with van der Waals surface area (Å²) in [6, 6.07) is 28.0. The van der Waals surface area contributed by atoms with E-state index in [0.717, 1.165) is 11.3 Å². The molecule has 0 fully saturated rings. The average Bonchev–Trinajstić information content (AvgIpc) is 3.13. The summed E-state index contributed by atoms with van der Waals surface area (Å²) in [4.78, 5) is 4.31. The Kier molecular flexibility index (Phi) is 7.26. The van der Waals surface area contributed by atoms with Crippen molar-refractivity contribution < 1.29 is 17.1 Å². The molecule has 0 atom stereocenters. The maximum Gasteiger partial charge on any atom is 2.00 e. The summed E-state index contributed by atoms with van der Waals surface area (Å²) < 4.78 is 0. The Bertz CT molecular complexity index is 519. The zero-order valence-electron chi connectivity index (χ0n) is 10.5. The van der Waals surface area contributed by atoms with E-state index in [-0.39, 0.29) is 17.1 Å². The zero-order chi connectivity index (χ0) is 12.5. The molecule has 3 rings (SSSR count). The Labute approximate surface area is 124 Å². The van der Waals surface area contributed by atoms with Crippen LogP contribution in [0.5, 0.6) is 0 Å². The van der Waals surface area contributed by atoms with E-state index in [0.29, 0.717) is 0 Å². The molecular formula is C17H15FeN. The summed E-state index contributed by atoms with van der Waals surface area (Å²) in [5.41, 5.74) is 2.13. The van der Waals surface area contributed by atoms with Crippen molar-refractivity contribution in [1.29, 1.82) is 0 Å². The van der Waals surface area contributed by atoms with Gasteiger partial charge in [0.15, 0.2) is 0 Å². The molecule has 0 amide bonds. The first-order valence-electron chi connectivity index (χ1n) is 5.93. The molecule has 0 spiro atoms. The van der Waals surface area contributed by atoms with E-state index < -0.39 is 0 Å². The predicted octanol–water partition coefficient (Wildman–Crippen LogP) is 4.56. The maximum atomic E-state index is 4.31. The van der Waals surface area contributed by atoms with Crippen molar-refractivity contribution in [3.05, 3.63) is 90.5 Å². The van der Waals surface area contributed by atoms with Gasteiger partial charge in [0.2, 0.25) is 0 Å². The predicted molar refractivity (Wildman–Crippen MR) is 77.8 cm³/mol. The normalized spacial score (nSPS) is 9.47. The molecule has 0 aliphatic rings. The molecular weight excluding hydrogens is 274 g/mol. The molecule has 0 N–H and O–H groups in total. The molecule has 3 aromatic rings. The Morgan fingerprint density at radius 3 is 2.00 bits per heavy atom. The fourth-order valence-electron chi connectivity index (χ4n) is 1.46. The molecule has 0 saturated heterocycles. The maximum absolute atomic E-state index is 4.31. The third kappa shape index (κ3) is 6.01. The van der Waals surface area contributed by atoms with E-state index in [1.807, 2.05) is 91.1 Å². The molecule has 0 aliphatic heterocycles.